The minimum atomic E-state index is -0.358. The lowest BCUT2D eigenvalue weighted by atomic mass is 10.1. The molecule has 1 heterocycles. The van der Waals surface area contributed by atoms with E-state index in [0.29, 0.717) is 11.3 Å². The first-order valence-corrected chi connectivity index (χ1v) is 12.4. The maximum atomic E-state index is 13.1. The van der Waals surface area contributed by atoms with Crippen molar-refractivity contribution in [1.29, 1.82) is 0 Å². The average molecular weight is 548 g/mol. The van der Waals surface area contributed by atoms with E-state index in [1.54, 1.807) is 17.4 Å². The number of methoxy groups -OCH3 is 1. The Balaban J connectivity index is 1.36. The number of thiazole rings is 1. The first-order valence-electron chi connectivity index (χ1n) is 10.4. The number of fused-ring (bicyclic) bond motifs is 2. The molecule has 34 heavy (non-hydrogen) atoms. The number of aromatic nitrogens is 1. The van der Waals surface area contributed by atoms with Crippen LogP contribution in [0.4, 0.5) is 5.69 Å². The van der Waals surface area contributed by atoms with Gasteiger partial charge in [0.1, 0.15) is 10.8 Å². The van der Waals surface area contributed by atoms with Gasteiger partial charge in [0.15, 0.2) is 5.11 Å². The molecular weight excluding hydrogens is 530 g/mol. The summed E-state index contributed by atoms with van der Waals surface area (Å²) in [5.74, 6) is 0.0972. The van der Waals surface area contributed by atoms with Crippen molar-refractivity contribution in [2.75, 3.05) is 12.4 Å². The Morgan fingerprint density at radius 1 is 1.03 bits per heavy atom. The summed E-state index contributed by atoms with van der Waals surface area (Å²) in [6, 6.07) is 25.4. The van der Waals surface area contributed by atoms with Gasteiger partial charge in [-0.3, -0.25) is 10.1 Å². The second-order valence-electron chi connectivity index (χ2n) is 7.47. The van der Waals surface area contributed by atoms with Crippen molar-refractivity contribution in [2.45, 2.75) is 0 Å². The highest BCUT2D eigenvalue weighted by Gasteiger charge is 2.19. The van der Waals surface area contributed by atoms with Crippen molar-refractivity contribution >= 4 is 77.2 Å². The van der Waals surface area contributed by atoms with Gasteiger partial charge in [-0.05, 0) is 69.3 Å². The molecule has 5 nitrogen and oxygen atoms in total. The van der Waals surface area contributed by atoms with Crippen molar-refractivity contribution in [3.8, 4) is 16.3 Å². The monoisotopic (exact) mass is 547 g/mol. The molecular formula is C26H18BrN3O2S2. The topological polar surface area (TPSA) is 63.2 Å². The minimum absolute atomic E-state index is 0.192. The van der Waals surface area contributed by atoms with E-state index in [1.165, 1.54) is 7.11 Å². The average Bonchev–Trinajstić information content (AvgIpc) is 3.28. The summed E-state index contributed by atoms with van der Waals surface area (Å²) in [5, 5.41) is 8.85. The molecule has 4 aromatic carbocycles. The zero-order valence-electron chi connectivity index (χ0n) is 18.0. The summed E-state index contributed by atoms with van der Waals surface area (Å²) < 4.78 is 7.37. The van der Waals surface area contributed by atoms with Gasteiger partial charge in [0.25, 0.3) is 5.91 Å². The number of carbonyl (C=O) groups is 1. The summed E-state index contributed by atoms with van der Waals surface area (Å²) in [6.07, 6.45) is 0. The summed E-state index contributed by atoms with van der Waals surface area (Å²) in [7, 11) is 1.54. The van der Waals surface area contributed by atoms with Crippen LogP contribution in [0, 0.1) is 0 Å². The van der Waals surface area contributed by atoms with Crippen LogP contribution in [-0.2, 0) is 0 Å². The standard InChI is InChI=1S/C26H18BrN3O2S2/c1-32-23-19(14-15-7-2-3-10-18(15)22(23)27)24(31)30-26(33)28-17-9-6-8-16(13-17)25-29-20-11-4-5-12-21(20)34-25/h2-14H,1H3,(H2,28,30,31,33). The predicted octanol–water partition coefficient (Wildman–Crippen LogP) is 7.01. The Labute approximate surface area is 213 Å². The first-order chi connectivity index (χ1) is 16.5. The quantitative estimate of drug-likeness (QED) is 0.237. The number of nitrogens with one attached hydrogen (secondary N) is 2. The van der Waals surface area contributed by atoms with Crippen LogP contribution in [0.25, 0.3) is 31.6 Å². The fraction of sp³-hybridized carbons (Fsp3) is 0.0385. The number of nitrogens with zero attached hydrogens (tertiary/aromatic N) is 1. The third-order valence-electron chi connectivity index (χ3n) is 5.28. The minimum Gasteiger partial charge on any atom is -0.495 e. The largest absolute Gasteiger partial charge is 0.495 e. The molecule has 0 unspecified atom stereocenters. The van der Waals surface area contributed by atoms with Crippen LogP contribution in [-0.4, -0.2) is 23.1 Å². The second-order valence-corrected chi connectivity index (χ2v) is 9.70. The molecule has 0 aliphatic carbocycles. The lowest BCUT2D eigenvalue weighted by molar-refractivity contribution is 0.0975. The number of thiocarbonyl (C=S) groups is 1. The number of anilines is 1. The number of para-hydroxylation sites is 1. The number of benzene rings is 4. The highest BCUT2D eigenvalue weighted by atomic mass is 79.9. The second kappa shape index (κ2) is 9.50. The molecule has 0 saturated heterocycles. The lowest BCUT2D eigenvalue weighted by Gasteiger charge is -2.15. The molecule has 1 aromatic heterocycles. The van der Waals surface area contributed by atoms with Crippen LogP contribution in [0.15, 0.2) is 83.3 Å². The molecule has 0 saturated carbocycles. The van der Waals surface area contributed by atoms with Crippen molar-refractivity contribution in [3.05, 3.63) is 88.9 Å². The summed E-state index contributed by atoms with van der Waals surface area (Å²) >= 11 is 10.6. The molecule has 0 bridgehead atoms. The van der Waals surface area contributed by atoms with E-state index in [-0.39, 0.29) is 11.0 Å². The van der Waals surface area contributed by atoms with Crippen molar-refractivity contribution in [3.63, 3.8) is 0 Å². The Hall–Kier alpha value is -3.33. The van der Waals surface area contributed by atoms with Crippen LogP contribution >= 0.6 is 39.5 Å². The van der Waals surface area contributed by atoms with Gasteiger partial charge in [-0.2, -0.15) is 0 Å². The molecule has 0 spiro atoms. The first kappa shape index (κ1) is 22.5. The van der Waals surface area contributed by atoms with Gasteiger partial charge in [-0.25, -0.2) is 4.98 Å². The summed E-state index contributed by atoms with van der Waals surface area (Å²) in [6.45, 7) is 0. The fourth-order valence-electron chi connectivity index (χ4n) is 3.71. The van der Waals surface area contributed by atoms with Crippen LogP contribution < -0.4 is 15.4 Å². The highest BCUT2D eigenvalue weighted by molar-refractivity contribution is 9.10. The molecule has 0 aliphatic rings. The van der Waals surface area contributed by atoms with Crippen molar-refractivity contribution in [1.82, 2.24) is 10.3 Å². The molecule has 5 rings (SSSR count). The van der Waals surface area contributed by atoms with Gasteiger partial charge in [0.05, 0.1) is 27.4 Å². The van der Waals surface area contributed by atoms with Gasteiger partial charge in [0.2, 0.25) is 0 Å². The third kappa shape index (κ3) is 4.40. The molecule has 0 fully saturated rings. The molecule has 168 valence electrons. The number of ether oxygens (including phenoxy) is 1. The lowest BCUT2D eigenvalue weighted by Crippen LogP contribution is -2.34. The van der Waals surface area contributed by atoms with E-state index >= 15 is 0 Å². The van der Waals surface area contributed by atoms with Crippen LogP contribution in [0.2, 0.25) is 0 Å². The zero-order valence-corrected chi connectivity index (χ0v) is 21.2. The van der Waals surface area contributed by atoms with Crippen LogP contribution in [0.5, 0.6) is 5.75 Å². The van der Waals surface area contributed by atoms with E-state index in [2.05, 4.69) is 32.6 Å². The number of carbonyl (C=O) groups excluding carboxylic acids is 1. The number of amides is 1. The Kier molecular flexibility index (Phi) is 6.28. The van der Waals surface area contributed by atoms with Crippen LogP contribution in [0.1, 0.15) is 10.4 Å². The number of hydrogen-bond acceptors (Lipinski definition) is 5. The van der Waals surface area contributed by atoms with Crippen LogP contribution in [0.3, 0.4) is 0 Å². The molecule has 8 heteroatoms. The molecule has 5 aromatic rings. The molecule has 2 N–H and O–H groups in total. The Morgan fingerprint density at radius 2 is 1.82 bits per heavy atom. The number of halogens is 1. The van der Waals surface area contributed by atoms with Crippen molar-refractivity contribution < 1.29 is 9.53 Å². The maximum absolute atomic E-state index is 13.1. The van der Waals surface area contributed by atoms with E-state index in [0.717, 1.165) is 41.7 Å². The molecule has 0 radical (unpaired) electrons. The van der Waals surface area contributed by atoms with E-state index < -0.39 is 0 Å². The smallest absolute Gasteiger partial charge is 0.261 e. The molecule has 1 amide bonds. The summed E-state index contributed by atoms with van der Waals surface area (Å²) in [4.78, 5) is 17.8. The fourth-order valence-corrected chi connectivity index (χ4v) is 5.62. The Bertz CT molecular complexity index is 1530. The van der Waals surface area contributed by atoms with Gasteiger partial charge in [-0.15, -0.1) is 11.3 Å². The number of hydrogen-bond donors (Lipinski definition) is 2. The molecule has 0 atom stereocenters. The van der Waals surface area contributed by atoms with E-state index in [4.69, 9.17) is 21.9 Å². The third-order valence-corrected chi connectivity index (χ3v) is 7.36. The van der Waals surface area contributed by atoms with E-state index in [1.807, 2.05) is 66.7 Å². The normalized spacial score (nSPS) is 10.9. The maximum Gasteiger partial charge on any atom is 0.261 e. The van der Waals surface area contributed by atoms with Gasteiger partial charge >= 0.3 is 0 Å². The zero-order chi connectivity index (χ0) is 23.7. The van der Waals surface area contributed by atoms with Crippen molar-refractivity contribution in [2.24, 2.45) is 0 Å². The SMILES string of the molecule is COc1c(C(=O)NC(=S)Nc2cccc(-c3nc4ccccc4s3)c2)cc2ccccc2c1Br. The molecule has 0 aliphatic heterocycles. The van der Waals surface area contributed by atoms with Gasteiger partial charge in [0, 0.05) is 11.3 Å². The van der Waals surface area contributed by atoms with Gasteiger partial charge in [-0.1, -0.05) is 48.5 Å². The Morgan fingerprint density at radius 3 is 2.65 bits per heavy atom. The van der Waals surface area contributed by atoms with E-state index in [9.17, 15) is 4.79 Å². The van der Waals surface area contributed by atoms with Gasteiger partial charge < -0.3 is 10.1 Å². The summed E-state index contributed by atoms with van der Waals surface area (Å²) in [5.41, 5.74) is 3.09. The highest BCUT2D eigenvalue weighted by Crippen LogP contribution is 2.36. The predicted molar refractivity (Wildman–Crippen MR) is 147 cm³/mol. The number of rotatable bonds is 4.